The highest BCUT2D eigenvalue weighted by Gasteiger charge is 2.32. The van der Waals surface area contributed by atoms with E-state index in [9.17, 15) is 23.3 Å². The van der Waals surface area contributed by atoms with E-state index >= 15 is 0 Å². The summed E-state index contributed by atoms with van der Waals surface area (Å²) in [6.07, 6.45) is 0. The molecule has 0 bridgehead atoms. The summed E-state index contributed by atoms with van der Waals surface area (Å²) in [5, 5.41) is 9.18. The zero-order valence-corrected chi connectivity index (χ0v) is 17.3. The molecule has 28 heavy (non-hydrogen) atoms. The van der Waals surface area contributed by atoms with Crippen molar-refractivity contribution in [3.05, 3.63) is 64.1 Å². The van der Waals surface area contributed by atoms with Crippen molar-refractivity contribution < 1.29 is 22.7 Å². The summed E-state index contributed by atoms with van der Waals surface area (Å²) in [4.78, 5) is 24.2. The summed E-state index contributed by atoms with van der Waals surface area (Å²) < 4.78 is 33.5. The maximum Gasteiger partial charge on any atom is 0.331 e. The van der Waals surface area contributed by atoms with E-state index in [4.69, 9.17) is 4.74 Å². The molecule has 0 spiro atoms. The number of Topliss-reactive ketones (excluding diaryl/α,β-unsaturated/α-hetero) is 1. The lowest BCUT2D eigenvalue weighted by Crippen LogP contribution is -2.29. The number of ketones is 1. The molecule has 2 aromatic rings. The van der Waals surface area contributed by atoms with Gasteiger partial charge in [-0.05, 0) is 36.8 Å². The molecule has 146 valence electrons. The van der Waals surface area contributed by atoms with Crippen molar-refractivity contribution in [3.63, 3.8) is 0 Å². The Morgan fingerprint density at radius 2 is 1.82 bits per heavy atom. The molecule has 2 aromatic carbocycles. The minimum absolute atomic E-state index is 0.00101. The van der Waals surface area contributed by atoms with Crippen LogP contribution in [0.4, 0.5) is 0 Å². The number of sulfonamides is 1. The van der Waals surface area contributed by atoms with Gasteiger partial charge in [0.15, 0.2) is 5.78 Å². The minimum Gasteiger partial charge on any atom is -0.465 e. The number of nitriles is 1. The fraction of sp³-hybridized carbons (Fsp3) is 0.211. The highest BCUT2D eigenvalue weighted by molar-refractivity contribution is 9.10. The van der Waals surface area contributed by atoms with Crippen molar-refractivity contribution >= 4 is 37.7 Å². The zero-order valence-electron chi connectivity index (χ0n) is 14.9. The molecule has 2 rings (SSSR count). The van der Waals surface area contributed by atoms with Gasteiger partial charge in [-0.15, -0.1) is 0 Å². The van der Waals surface area contributed by atoms with Crippen molar-refractivity contribution in [1.29, 1.82) is 5.26 Å². The van der Waals surface area contributed by atoms with Gasteiger partial charge in [-0.25, -0.2) is 13.1 Å². The van der Waals surface area contributed by atoms with Crippen LogP contribution in [0.15, 0.2) is 57.9 Å². The van der Waals surface area contributed by atoms with Crippen LogP contribution in [0.3, 0.4) is 0 Å². The number of hydrogen-bond donors (Lipinski definition) is 1. The number of ether oxygens (including phenoxy) is 1. The van der Waals surface area contributed by atoms with Gasteiger partial charge in [-0.3, -0.25) is 9.59 Å². The molecule has 1 unspecified atom stereocenters. The number of rotatable bonds is 8. The molecular formula is C19H17BrN2O5S. The topological polar surface area (TPSA) is 113 Å². The summed E-state index contributed by atoms with van der Waals surface area (Å²) in [5.74, 6) is -3.67. The van der Waals surface area contributed by atoms with E-state index in [2.05, 4.69) is 20.7 Å². The molecule has 0 saturated heterocycles. The van der Waals surface area contributed by atoms with Gasteiger partial charge in [0.2, 0.25) is 15.9 Å². The molecular weight excluding hydrogens is 448 g/mol. The maximum absolute atomic E-state index is 12.7. The van der Waals surface area contributed by atoms with Gasteiger partial charge in [0.1, 0.15) is 0 Å². The summed E-state index contributed by atoms with van der Waals surface area (Å²) in [6, 6.07) is 14.1. The largest absolute Gasteiger partial charge is 0.465 e. The average Bonchev–Trinajstić information content (AvgIpc) is 2.68. The van der Waals surface area contributed by atoms with Crippen LogP contribution in [0.1, 0.15) is 22.8 Å². The van der Waals surface area contributed by atoms with Crippen LogP contribution < -0.4 is 4.72 Å². The van der Waals surface area contributed by atoms with Gasteiger partial charge in [0.25, 0.3) is 0 Å². The average molecular weight is 465 g/mol. The van der Waals surface area contributed by atoms with E-state index < -0.39 is 27.7 Å². The third kappa shape index (κ3) is 5.25. The fourth-order valence-corrected chi connectivity index (χ4v) is 3.85. The highest BCUT2D eigenvalue weighted by Crippen LogP contribution is 2.20. The molecule has 0 aliphatic heterocycles. The van der Waals surface area contributed by atoms with Gasteiger partial charge in [0.05, 0.1) is 17.6 Å². The molecule has 1 N–H and O–H groups in total. The number of nitrogens with one attached hydrogen (secondary N) is 1. The van der Waals surface area contributed by atoms with Crippen molar-refractivity contribution in [3.8, 4) is 6.07 Å². The maximum atomic E-state index is 12.7. The predicted octanol–water partition coefficient (Wildman–Crippen LogP) is 2.81. The van der Waals surface area contributed by atoms with Crippen molar-refractivity contribution in [1.82, 2.24) is 4.72 Å². The fourth-order valence-electron chi connectivity index (χ4n) is 2.36. The first kappa shape index (κ1) is 21.8. The number of hydrogen-bond acceptors (Lipinski definition) is 6. The second-order valence-corrected chi connectivity index (χ2v) is 8.28. The molecule has 0 aliphatic rings. The van der Waals surface area contributed by atoms with Gasteiger partial charge in [-0.2, -0.15) is 5.26 Å². The third-order valence-electron chi connectivity index (χ3n) is 3.74. The van der Waals surface area contributed by atoms with E-state index in [0.717, 1.165) is 10.0 Å². The smallest absolute Gasteiger partial charge is 0.331 e. The number of benzene rings is 2. The number of halogens is 1. The first-order chi connectivity index (χ1) is 13.3. The second kappa shape index (κ2) is 9.59. The Morgan fingerprint density at radius 1 is 1.18 bits per heavy atom. The SMILES string of the molecule is CCOC(=O)C(C#N)C(=O)c1ccccc1S(=O)(=O)NCc1ccc(Br)cc1. The Bertz CT molecular complexity index is 1010. The Kier molecular flexibility index (Phi) is 7.45. The van der Waals surface area contributed by atoms with E-state index in [1.165, 1.54) is 24.3 Å². The monoisotopic (exact) mass is 464 g/mol. The molecule has 0 aromatic heterocycles. The van der Waals surface area contributed by atoms with Crippen LogP contribution in [0.5, 0.6) is 0 Å². The molecule has 0 amide bonds. The summed E-state index contributed by atoms with van der Waals surface area (Å²) >= 11 is 3.30. The molecule has 1 atom stereocenters. The highest BCUT2D eigenvalue weighted by atomic mass is 79.9. The molecule has 0 fully saturated rings. The number of carbonyl (C=O) groups is 2. The lowest BCUT2D eigenvalue weighted by Gasteiger charge is -2.13. The van der Waals surface area contributed by atoms with E-state index in [1.54, 1.807) is 37.3 Å². The molecule has 0 heterocycles. The lowest BCUT2D eigenvalue weighted by molar-refractivity contribution is -0.144. The number of nitrogens with zero attached hydrogens (tertiary/aromatic N) is 1. The second-order valence-electron chi connectivity index (χ2n) is 5.63. The Morgan fingerprint density at radius 3 is 2.43 bits per heavy atom. The first-order valence-electron chi connectivity index (χ1n) is 8.23. The molecule has 7 nitrogen and oxygen atoms in total. The van der Waals surface area contributed by atoms with E-state index in [1.807, 2.05) is 0 Å². The third-order valence-corrected chi connectivity index (χ3v) is 5.72. The summed E-state index contributed by atoms with van der Waals surface area (Å²) in [5.41, 5.74) is 0.474. The van der Waals surface area contributed by atoms with Gasteiger partial charge >= 0.3 is 5.97 Å². The van der Waals surface area contributed by atoms with Crippen LogP contribution >= 0.6 is 15.9 Å². The molecule has 0 radical (unpaired) electrons. The quantitative estimate of drug-likeness (QED) is 0.365. The molecule has 9 heteroatoms. The van der Waals surface area contributed by atoms with E-state index in [-0.39, 0.29) is 23.6 Å². The standard InChI is InChI=1S/C19H17BrN2O5S/c1-2-27-19(24)16(11-21)18(23)15-5-3-4-6-17(15)28(25,26)22-12-13-7-9-14(20)10-8-13/h3-10,16,22H,2,12H2,1H3. The Labute approximate surface area is 171 Å². The van der Waals surface area contributed by atoms with Crippen LogP contribution in [0.25, 0.3) is 0 Å². The van der Waals surface area contributed by atoms with Gasteiger partial charge < -0.3 is 4.74 Å². The number of esters is 1. The molecule has 0 aliphatic carbocycles. The first-order valence-corrected chi connectivity index (χ1v) is 10.5. The zero-order chi connectivity index (χ0) is 20.7. The Hall–Kier alpha value is -2.54. The van der Waals surface area contributed by atoms with Crippen molar-refractivity contribution in [2.24, 2.45) is 5.92 Å². The van der Waals surface area contributed by atoms with Crippen LogP contribution in [-0.4, -0.2) is 26.8 Å². The van der Waals surface area contributed by atoms with Gasteiger partial charge in [0, 0.05) is 16.6 Å². The van der Waals surface area contributed by atoms with Crippen molar-refractivity contribution in [2.45, 2.75) is 18.4 Å². The van der Waals surface area contributed by atoms with Crippen LogP contribution in [-0.2, 0) is 26.1 Å². The van der Waals surface area contributed by atoms with E-state index in [0.29, 0.717) is 0 Å². The number of carbonyl (C=O) groups excluding carboxylic acids is 2. The van der Waals surface area contributed by atoms with Crippen molar-refractivity contribution in [2.75, 3.05) is 6.61 Å². The minimum atomic E-state index is -4.07. The Balaban J connectivity index is 2.31. The predicted molar refractivity (Wildman–Crippen MR) is 105 cm³/mol. The van der Waals surface area contributed by atoms with Crippen LogP contribution in [0, 0.1) is 17.2 Å². The molecule has 0 saturated carbocycles. The van der Waals surface area contributed by atoms with Gasteiger partial charge in [-0.1, -0.05) is 40.2 Å². The summed E-state index contributed by atoms with van der Waals surface area (Å²) in [6.45, 7) is 1.55. The lowest BCUT2D eigenvalue weighted by atomic mass is 9.99. The normalized spacial score (nSPS) is 12.0. The van der Waals surface area contributed by atoms with Crippen LogP contribution in [0.2, 0.25) is 0 Å². The summed E-state index contributed by atoms with van der Waals surface area (Å²) in [7, 11) is -4.07.